The van der Waals surface area contributed by atoms with E-state index in [4.69, 9.17) is 4.74 Å². The first-order chi connectivity index (χ1) is 7.25. The first kappa shape index (κ1) is 10.9. The van der Waals surface area contributed by atoms with Crippen LogP contribution in [0.4, 0.5) is 0 Å². The Labute approximate surface area is 110 Å². The molecular weight excluding hydrogens is 369 g/mol. The molecule has 0 aliphatic rings. The second-order valence-corrected chi connectivity index (χ2v) is 4.93. The summed E-state index contributed by atoms with van der Waals surface area (Å²) in [5.74, 6) is 1.43. The standard InChI is InChI=1S/C11H7BrINO/c12-8-5-6-11(14-7-8)15-10-4-2-1-3-9(10)13/h1-7H. The first-order valence-electron chi connectivity index (χ1n) is 4.29. The van der Waals surface area contributed by atoms with Gasteiger partial charge in [0.25, 0.3) is 0 Å². The van der Waals surface area contributed by atoms with Gasteiger partial charge in [-0.1, -0.05) is 12.1 Å². The van der Waals surface area contributed by atoms with Crippen LogP contribution in [0, 0.1) is 3.57 Å². The summed E-state index contributed by atoms with van der Waals surface area (Å²) in [6, 6.07) is 11.6. The van der Waals surface area contributed by atoms with Crippen molar-refractivity contribution in [2.75, 3.05) is 0 Å². The van der Waals surface area contributed by atoms with Gasteiger partial charge in [0, 0.05) is 16.7 Å². The van der Waals surface area contributed by atoms with E-state index < -0.39 is 0 Å². The van der Waals surface area contributed by atoms with Gasteiger partial charge < -0.3 is 4.74 Å². The Morgan fingerprint density at radius 3 is 2.60 bits per heavy atom. The van der Waals surface area contributed by atoms with Crippen LogP contribution in [0.2, 0.25) is 0 Å². The Morgan fingerprint density at radius 1 is 1.13 bits per heavy atom. The lowest BCUT2D eigenvalue weighted by Gasteiger charge is -2.05. The third-order valence-electron chi connectivity index (χ3n) is 1.75. The van der Waals surface area contributed by atoms with E-state index in [2.05, 4.69) is 43.5 Å². The van der Waals surface area contributed by atoms with Crippen molar-refractivity contribution < 1.29 is 4.74 Å². The lowest BCUT2D eigenvalue weighted by Crippen LogP contribution is -1.89. The van der Waals surface area contributed by atoms with Gasteiger partial charge in [0.15, 0.2) is 0 Å². The maximum absolute atomic E-state index is 5.62. The highest BCUT2D eigenvalue weighted by atomic mass is 127. The molecule has 2 aromatic rings. The summed E-state index contributed by atoms with van der Waals surface area (Å²) >= 11 is 5.56. The van der Waals surface area contributed by atoms with Crippen LogP contribution in [0.3, 0.4) is 0 Å². The van der Waals surface area contributed by atoms with Crippen LogP contribution in [0.15, 0.2) is 47.1 Å². The fourth-order valence-electron chi connectivity index (χ4n) is 1.06. The van der Waals surface area contributed by atoms with E-state index in [1.54, 1.807) is 6.20 Å². The first-order valence-corrected chi connectivity index (χ1v) is 6.17. The molecule has 0 fully saturated rings. The number of aromatic nitrogens is 1. The van der Waals surface area contributed by atoms with Crippen molar-refractivity contribution in [2.45, 2.75) is 0 Å². The van der Waals surface area contributed by atoms with Gasteiger partial charge in [-0.3, -0.25) is 0 Å². The normalized spacial score (nSPS) is 10.0. The number of benzene rings is 1. The number of rotatable bonds is 2. The summed E-state index contributed by atoms with van der Waals surface area (Å²) in [7, 11) is 0. The number of pyridine rings is 1. The molecule has 1 aromatic carbocycles. The summed E-state index contributed by atoms with van der Waals surface area (Å²) in [6.07, 6.45) is 1.71. The molecule has 0 atom stereocenters. The van der Waals surface area contributed by atoms with Crippen molar-refractivity contribution in [3.8, 4) is 11.6 Å². The van der Waals surface area contributed by atoms with Crippen molar-refractivity contribution in [3.63, 3.8) is 0 Å². The van der Waals surface area contributed by atoms with Gasteiger partial charge in [-0.05, 0) is 56.7 Å². The van der Waals surface area contributed by atoms with Crippen LogP contribution in [0.25, 0.3) is 0 Å². The van der Waals surface area contributed by atoms with Crippen LogP contribution in [-0.4, -0.2) is 4.98 Å². The van der Waals surface area contributed by atoms with Gasteiger partial charge in [0.05, 0.1) is 3.57 Å². The number of hydrogen-bond donors (Lipinski definition) is 0. The van der Waals surface area contributed by atoms with E-state index in [0.29, 0.717) is 5.88 Å². The van der Waals surface area contributed by atoms with Crippen molar-refractivity contribution in [1.29, 1.82) is 0 Å². The minimum absolute atomic E-state index is 0.599. The van der Waals surface area contributed by atoms with Crippen molar-refractivity contribution >= 4 is 38.5 Å². The van der Waals surface area contributed by atoms with E-state index in [1.165, 1.54) is 0 Å². The molecular formula is C11H7BrINO. The fourth-order valence-corrected chi connectivity index (χ4v) is 1.79. The maximum Gasteiger partial charge on any atom is 0.219 e. The van der Waals surface area contributed by atoms with Gasteiger partial charge in [0.1, 0.15) is 5.75 Å². The summed E-state index contributed by atoms with van der Waals surface area (Å²) in [5, 5.41) is 0. The topological polar surface area (TPSA) is 22.1 Å². The van der Waals surface area contributed by atoms with E-state index in [0.717, 1.165) is 13.8 Å². The Morgan fingerprint density at radius 2 is 1.93 bits per heavy atom. The molecule has 0 radical (unpaired) electrons. The van der Waals surface area contributed by atoms with E-state index in [-0.39, 0.29) is 0 Å². The highest BCUT2D eigenvalue weighted by molar-refractivity contribution is 14.1. The lowest BCUT2D eigenvalue weighted by molar-refractivity contribution is 0.459. The number of halogens is 2. The zero-order valence-electron chi connectivity index (χ0n) is 7.65. The highest BCUT2D eigenvalue weighted by Gasteiger charge is 2.01. The van der Waals surface area contributed by atoms with Gasteiger partial charge in [-0.25, -0.2) is 4.98 Å². The number of ether oxygens (including phenoxy) is 1. The van der Waals surface area contributed by atoms with Crippen LogP contribution >= 0.6 is 38.5 Å². The summed E-state index contributed by atoms with van der Waals surface area (Å²) in [4.78, 5) is 4.14. The van der Waals surface area contributed by atoms with Crippen LogP contribution in [0.5, 0.6) is 11.6 Å². The van der Waals surface area contributed by atoms with Crippen molar-refractivity contribution in [2.24, 2.45) is 0 Å². The molecule has 0 unspecified atom stereocenters. The van der Waals surface area contributed by atoms with Crippen LogP contribution in [0.1, 0.15) is 0 Å². The number of hydrogen-bond acceptors (Lipinski definition) is 2. The van der Waals surface area contributed by atoms with E-state index in [1.807, 2.05) is 36.4 Å². The largest absolute Gasteiger partial charge is 0.438 e. The SMILES string of the molecule is Brc1ccc(Oc2ccccc2I)nc1. The average molecular weight is 376 g/mol. The number of nitrogens with zero attached hydrogens (tertiary/aromatic N) is 1. The van der Waals surface area contributed by atoms with Crippen LogP contribution in [-0.2, 0) is 0 Å². The van der Waals surface area contributed by atoms with E-state index >= 15 is 0 Å². The Kier molecular flexibility index (Phi) is 3.58. The molecule has 15 heavy (non-hydrogen) atoms. The van der Waals surface area contributed by atoms with Gasteiger partial charge in [-0.15, -0.1) is 0 Å². The molecule has 0 aliphatic heterocycles. The smallest absolute Gasteiger partial charge is 0.219 e. The van der Waals surface area contributed by atoms with Gasteiger partial charge >= 0.3 is 0 Å². The summed E-state index contributed by atoms with van der Waals surface area (Å²) < 4.78 is 7.64. The molecule has 4 heteroatoms. The molecule has 0 saturated heterocycles. The zero-order chi connectivity index (χ0) is 10.7. The molecule has 0 spiro atoms. The molecule has 0 amide bonds. The molecule has 1 aromatic heterocycles. The molecule has 76 valence electrons. The molecule has 0 N–H and O–H groups in total. The molecule has 0 aliphatic carbocycles. The summed E-state index contributed by atoms with van der Waals surface area (Å²) in [6.45, 7) is 0. The van der Waals surface area contributed by atoms with Crippen molar-refractivity contribution in [1.82, 2.24) is 4.98 Å². The Hall–Kier alpha value is -0.620. The molecule has 2 rings (SSSR count). The minimum Gasteiger partial charge on any atom is -0.438 e. The minimum atomic E-state index is 0.599. The van der Waals surface area contributed by atoms with Crippen LogP contribution < -0.4 is 4.74 Å². The van der Waals surface area contributed by atoms with E-state index in [9.17, 15) is 0 Å². The molecule has 0 bridgehead atoms. The predicted molar refractivity (Wildman–Crippen MR) is 71.2 cm³/mol. The molecule has 2 nitrogen and oxygen atoms in total. The lowest BCUT2D eigenvalue weighted by atomic mass is 10.3. The second-order valence-electron chi connectivity index (χ2n) is 2.85. The monoisotopic (exact) mass is 375 g/mol. The van der Waals surface area contributed by atoms with Gasteiger partial charge in [-0.2, -0.15) is 0 Å². The summed E-state index contributed by atoms with van der Waals surface area (Å²) in [5.41, 5.74) is 0. The fraction of sp³-hybridized carbons (Fsp3) is 0. The predicted octanol–water partition coefficient (Wildman–Crippen LogP) is 4.24. The average Bonchev–Trinajstić information content (AvgIpc) is 2.25. The Bertz CT molecular complexity index is 458. The van der Waals surface area contributed by atoms with Gasteiger partial charge in [0.2, 0.25) is 5.88 Å². The highest BCUT2D eigenvalue weighted by Crippen LogP contribution is 2.25. The third-order valence-corrected chi connectivity index (χ3v) is 3.11. The Balaban J connectivity index is 2.22. The zero-order valence-corrected chi connectivity index (χ0v) is 11.4. The van der Waals surface area contributed by atoms with Crippen molar-refractivity contribution in [3.05, 3.63) is 50.6 Å². The maximum atomic E-state index is 5.62. The second kappa shape index (κ2) is 4.94. The molecule has 0 saturated carbocycles. The quantitative estimate of drug-likeness (QED) is 0.732. The third kappa shape index (κ3) is 2.92. The molecule has 1 heterocycles. The number of para-hydroxylation sites is 1.